The molecule has 2 unspecified atom stereocenters. The van der Waals surface area contributed by atoms with Crippen LogP contribution in [0.3, 0.4) is 0 Å². The van der Waals surface area contributed by atoms with Gasteiger partial charge in [0.2, 0.25) is 0 Å². The van der Waals surface area contributed by atoms with Crippen LogP contribution in [0.1, 0.15) is 31.6 Å². The van der Waals surface area contributed by atoms with Gasteiger partial charge in [0, 0.05) is 23.5 Å². The van der Waals surface area contributed by atoms with Crippen molar-refractivity contribution in [3.8, 4) is 0 Å². The maximum Gasteiger partial charge on any atom is 0.0102 e. The zero-order valence-corrected chi connectivity index (χ0v) is 12.7. The minimum absolute atomic E-state index is 0.649. The average Bonchev–Trinajstić information content (AvgIpc) is 3.06. The second-order valence-electron chi connectivity index (χ2n) is 5.71. The largest absolute Gasteiger partial charge is 0.314 e. The molecule has 1 heterocycles. The van der Waals surface area contributed by atoms with Gasteiger partial charge in [0.05, 0.1) is 0 Å². The maximum atomic E-state index is 3.64. The molecule has 0 bridgehead atoms. The number of thiophene rings is 1. The Labute approximate surface area is 115 Å². The summed E-state index contributed by atoms with van der Waals surface area (Å²) in [6.45, 7) is 7.04. The van der Waals surface area contributed by atoms with Gasteiger partial charge in [-0.3, -0.25) is 0 Å². The number of rotatable bonds is 8. The molecule has 1 N–H and O–H groups in total. The molecule has 1 aromatic rings. The Morgan fingerprint density at radius 3 is 2.83 bits per heavy atom. The highest BCUT2D eigenvalue weighted by Crippen LogP contribution is 2.20. The van der Waals surface area contributed by atoms with E-state index in [1.54, 1.807) is 0 Å². The monoisotopic (exact) mass is 266 g/mol. The number of hydrogen-bond acceptors (Lipinski definition) is 3. The predicted molar refractivity (Wildman–Crippen MR) is 80.3 cm³/mol. The number of nitrogens with zero attached hydrogens (tertiary/aromatic N) is 1. The molecule has 0 spiro atoms. The summed E-state index contributed by atoms with van der Waals surface area (Å²) in [6, 6.07) is 5.86. The Balaban J connectivity index is 1.67. The van der Waals surface area contributed by atoms with Crippen LogP contribution in [0, 0.1) is 5.92 Å². The van der Waals surface area contributed by atoms with Crippen molar-refractivity contribution in [2.75, 3.05) is 20.1 Å². The summed E-state index contributed by atoms with van der Waals surface area (Å²) in [7, 11) is 2.26. The van der Waals surface area contributed by atoms with Crippen molar-refractivity contribution in [2.24, 2.45) is 5.92 Å². The van der Waals surface area contributed by atoms with Crippen LogP contribution in [0.15, 0.2) is 17.5 Å². The van der Waals surface area contributed by atoms with Gasteiger partial charge in [-0.2, -0.15) is 0 Å². The first-order chi connectivity index (χ1) is 8.66. The Hall–Kier alpha value is -0.380. The van der Waals surface area contributed by atoms with Crippen LogP contribution in [-0.2, 0) is 6.42 Å². The van der Waals surface area contributed by atoms with E-state index in [2.05, 4.69) is 48.6 Å². The first-order valence-corrected chi connectivity index (χ1v) is 8.01. The van der Waals surface area contributed by atoms with Crippen LogP contribution >= 0.6 is 11.3 Å². The van der Waals surface area contributed by atoms with E-state index in [0.717, 1.165) is 25.0 Å². The fourth-order valence-electron chi connectivity index (χ4n) is 2.19. The lowest BCUT2D eigenvalue weighted by Gasteiger charge is -2.30. The van der Waals surface area contributed by atoms with Crippen LogP contribution in [-0.4, -0.2) is 37.1 Å². The van der Waals surface area contributed by atoms with Gasteiger partial charge in [-0.1, -0.05) is 13.0 Å². The minimum Gasteiger partial charge on any atom is -0.314 e. The molecule has 0 aliphatic heterocycles. The minimum atomic E-state index is 0.649. The van der Waals surface area contributed by atoms with Gasteiger partial charge in [-0.15, -0.1) is 11.3 Å². The summed E-state index contributed by atoms with van der Waals surface area (Å²) < 4.78 is 0. The fourth-order valence-corrected chi connectivity index (χ4v) is 2.89. The third-order valence-corrected chi connectivity index (χ3v) is 5.05. The zero-order chi connectivity index (χ0) is 13.0. The molecule has 0 saturated heterocycles. The summed E-state index contributed by atoms with van der Waals surface area (Å²) in [6.07, 6.45) is 3.95. The molecule has 0 amide bonds. The molecule has 102 valence electrons. The van der Waals surface area contributed by atoms with E-state index in [-0.39, 0.29) is 0 Å². The van der Waals surface area contributed by atoms with Crippen LogP contribution < -0.4 is 5.32 Å². The predicted octanol–water partition coefficient (Wildman–Crippen LogP) is 3.00. The fraction of sp³-hybridized carbons (Fsp3) is 0.733. The molecule has 2 atom stereocenters. The molecule has 0 aromatic carbocycles. The van der Waals surface area contributed by atoms with Crippen molar-refractivity contribution in [2.45, 2.75) is 45.2 Å². The Bertz CT molecular complexity index is 332. The maximum absolute atomic E-state index is 3.64. The van der Waals surface area contributed by atoms with E-state index in [1.165, 1.54) is 24.1 Å². The Morgan fingerprint density at radius 2 is 2.22 bits per heavy atom. The van der Waals surface area contributed by atoms with Crippen LogP contribution in [0.5, 0.6) is 0 Å². The zero-order valence-electron chi connectivity index (χ0n) is 11.9. The third-order valence-electron chi connectivity index (χ3n) is 4.12. The van der Waals surface area contributed by atoms with Crippen molar-refractivity contribution in [3.63, 3.8) is 0 Å². The second-order valence-corrected chi connectivity index (χ2v) is 6.74. The van der Waals surface area contributed by atoms with E-state index in [0.29, 0.717) is 6.04 Å². The smallest absolute Gasteiger partial charge is 0.0102 e. The van der Waals surface area contributed by atoms with Gasteiger partial charge >= 0.3 is 0 Å². The van der Waals surface area contributed by atoms with Gasteiger partial charge in [-0.05, 0) is 57.1 Å². The number of hydrogen-bond donors (Lipinski definition) is 1. The number of likely N-dealkylation sites (N-methyl/N-ethyl adjacent to an activating group) is 1. The quantitative estimate of drug-likeness (QED) is 0.778. The average molecular weight is 266 g/mol. The molecule has 1 aromatic heterocycles. The van der Waals surface area contributed by atoms with Crippen LogP contribution in [0.25, 0.3) is 0 Å². The normalized spacial score (nSPS) is 19.1. The molecule has 0 radical (unpaired) electrons. The van der Waals surface area contributed by atoms with Gasteiger partial charge in [0.1, 0.15) is 0 Å². The summed E-state index contributed by atoms with van der Waals surface area (Å²) in [5, 5.41) is 5.80. The Morgan fingerprint density at radius 1 is 1.44 bits per heavy atom. The summed E-state index contributed by atoms with van der Waals surface area (Å²) in [5.41, 5.74) is 0. The standard InChI is InChI=1S/C15H26N2S/c1-12(11-16-14-6-7-14)13(2)17(3)9-8-15-5-4-10-18-15/h4-5,10,12-14,16H,6-9,11H2,1-3H3. The van der Waals surface area contributed by atoms with Crippen molar-refractivity contribution in [3.05, 3.63) is 22.4 Å². The van der Waals surface area contributed by atoms with Gasteiger partial charge in [0.15, 0.2) is 0 Å². The molecule has 1 fully saturated rings. The summed E-state index contributed by atoms with van der Waals surface area (Å²) in [4.78, 5) is 4.00. The second kappa shape index (κ2) is 6.69. The molecular formula is C15H26N2S. The van der Waals surface area contributed by atoms with Gasteiger partial charge in [0.25, 0.3) is 0 Å². The lowest BCUT2D eigenvalue weighted by Crippen LogP contribution is -2.40. The molecule has 3 heteroatoms. The molecule has 1 aliphatic rings. The highest BCUT2D eigenvalue weighted by Gasteiger charge is 2.23. The van der Waals surface area contributed by atoms with Gasteiger partial charge in [-0.25, -0.2) is 0 Å². The van der Waals surface area contributed by atoms with Gasteiger partial charge < -0.3 is 10.2 Å². The summed E-state index contributed by atoms with van der Waals surface area (Å²) >= 11 is 1.87. The van der Waals surface area contributed by atoms with E-state index in [9.17, 15) is 0 Å². The molecule has 2 rings (SSSR count). The van der Waals surface area contributed by atoms with E-state index < -0.39 is 0 Å². The molecular weight excluding hydrogens is 240 g/mol. The first kappa shape index (κ1) is 14.0. The van der Waals surface area contributed by atoms with E-state index >= 15 is 0 Å². The molecule has 1 saturated carbocycles. The highest BCUT2D eigenvalue weighted by molar-refractivity contribution is 7.09. The van der Waals surface area contributed by atoms with Crippen LogP contribution in [0.2, 0.25) is 0 Å². The lowest BCUT2D eigenvalue weighted by atomic mass is 10.0. The molecule has 2 nitrogen and oxygen atoms in total. The summed E-state index contributed by atoms with van der Waals surface area (Å²) in [5.74, 6) is 0.721. The SMILES string of the molecule is CC(CNC1CC1)C(C)N(C)CCc1cccs1. The van der Waals surface area contributed by atoms with Crippen molar-refractivity contribution in [1.82, 2.24) is 10.2 Å². The number of nitrogens with one attached hydrogen (secondary N) is 1. The van der Waals surface area contributed by atoms with Crippen molar-refractivity contribution < 1.29 is 0 Å². The first-order valence-electron chi connectivity index (χ1n) is 7.13. The molecule has 1 aliphatic carbocycles. The van der Waals surface area contributed by atoms with Crippen molar-refractivity contribution in [1.29, 1.82) is 0 Å². The van der Waals surface area contributed by atoms with Crippen molar-refractivity contribution >= 4 is 11.3 Å². The Kier molecular flexibility index (Phi) is 5.22. The third kappa shape index (κ3) is 4.38. The van der Waals surface area contributed by atoms with E-state index in [4.69, 9.17) is 0 Å². The topological polar surface area (TPSA) is 15.3 Å². The molecule has 18 heavy (non-hydrogen) atoms. The van der Waals surface area contributed by atoms with Crippen LogP contribution in [0.4, 0.5) is 0 Å². The lowest BCUT2D eigenvalue weighted by molar-refractivity contribution is 0.198. The van der Waals surface area contributed by atoms with E-state index in [1.807, 2.05) is 11.3 Å². The highest BCUT2D eigenvalue weighted by atomic mass is 32.1.